The van der Waals surface area contributed by atoms with Gasteiger partial charge in [0.25, 0.3) is 0 Å². The second-order valence-electron chi connectivity index (χ2n) is 5.38. The van der Waals surface area contributed by atoms with Crippen LogP contribution in [0.15, 0.2) is 48.7 Å². The van der Waals surface area contributed by atoms with Crippen molar-refractivity contribution in [2.75, 3.05) is 0 Å². The molecule has 0 heterocycles. The van der Waals surface area contributed by atoms with Crippen LogP contribution in [0.1, 0.15) is 6.42 Å². The van der Waals surface area contributed by atoms with Gasteiger partial charge in [-0.05, 0) is 0 Å². The molecule has 15 heavy (non-hydrogen) atoms. The predicted octanol–water partition coefficient (Wildman–Crippen LogP) is 5.90. The van der Waals surface area contributed by atoms with E-state index in [1.807, 2.05) is 0 Å². The van der Waals surface area contributed by atoms with E-state index in [0.717, 1.165) is 0 Å². The normalized spacial score (nSPS) is 18.3. The van der Waals surface area contributed by atoms with Gasteiger partial charge in [0.1, 0.15) is 0 Å². The standard InChI is InChI=1S/C5H5.2C2H4.5CH3.Rh/c1-2-4-5-3-1;2*1-2;;;;;;/h1-3H,4H2;2*1-2H2;5*1H3;. The fraction of sp³-hybridized carbons (Fsp3) is 0.429. The van der Waals surface area contributed by atoms with Crippen molar-refractivity contribution >= 4 is 0 Å². The summed E-state index contributed by atoms with van der Waals surface area (Å²) in [5.41, 5.74) is 12.3. The Labute approximate surface area is 95.1 Å². The Morgan fingerprint density at radius 3 is 1.47 bits per heavy atom. The zero-order chi connectivity index (χ0) is 12.8. The van der Waals surface area contributed by atoms with Crippen molar-refractivity contribution in [3.05, 3.63) is 48.7 Å². The average molecular weight is 299 g/mol. The maximum absolute atomic E-state index is 3.00. The third kappa shape index (κ3) is 6.63. The summed E-state index contributed by atoms with van der Waals surface area (Å²) in [6, 6.07) is 0. The third-order valence-electron chi connectivity index (χ3n) is 1.78. The van der Waals surface area contributed by atoms with Crippen LogP contribution >= 0.6 is 0 Å². The average Bonchev–Trinajstić information content (AvgIpc) is 2.60. The Hall–Kier alpha value is -0.417. The van der Waals surface area contributed by atoms with Gasteiger partial charge in [-0.25, -0.2) is 0 Å². The number of hydrogen-bond donors (Lipinski definition) is 0. The van der Waals surface area contributed by atoms with Gasteiger partial charge in [0.05, 0.1) is 0 Å². The van der Waals surface area contributed by atoms with Crippen LogP contribution < -0.4 is 0 Å². The molecular formula is C14H28Rh. The van der Waals surface area contributed by atoms with E-state index >= 15 is 0 Å². The van der Waals surface area contributed by atoms with Gasteiger partial charge in [0.15, 0.2) is 0 Å². The number of allylic oxidation sites excluding steroid dienone is 4. The molecule has 1 aliphatic carbocycles. The molecule has 0 unspecified atom stereocenters. The molecule has 1 rings (SSSR count). The molecule has 0 radical (unpaired) electrons. The molecule has 93 valence electrons. The second-order valence-corrected chi connectivity index (χ2v) is 26.9. The van der Waals surface area contributed by atoms with E-state index in [2.05, 4.69) is 72.1 Å². The van der Waals surface area contributed by atoms with Crippen molar-refractivity contribution in [2.45, 2.75) is 34.0 Å². The van der Waals surface area contributed by atoms with E-state index in [1.54, 1.807) is 4.17 Å². The van der Waals surface area contributed by atoms with Gasteiger partial charge in [-0.15, -0.1) is 26.3 Å². The summed E-state index contributed by atoms with van der Waals surface area (Å²) in [6.07, 6.45) is 7.96. The number of hydrogen-bond acceptors (Lipinski definition) is 0. The molecule has 0 aromatic heterocycles. The van der Waals surface area contributed by atoms with Gasteiger partial charge in [-0.2, -0.15) is 0 Å². The summed E-state index contributed by atoms with van der Waals surface area (Å²) < 4.78 is 1.68. The Bertz CT molecular complexity index is 256. The molecule has 0 fully saturated rings. The van der Waals surface area contributed by atoms with Gasteiger partial charge in [0.2, 0.25) is 0 Å². The first-order valence-corrected chi connectivity index (χ1v) is 13.6. The first kappa shape index (κ1) is 17.0. The molecule has 0 atom stereocenters. The van der Waals surface area contributed by atoms with Crippen LogP contribution in [0.5, 0.6) is 0 Å². The van der Waals surface area contributed by atoms with E-state index < -0.39 is 12.4 Å². The van der Waals surface area contributed by atoms with Crippen LogP contribution in [0.4, 0.5) is 0 Å². The minimum atomic E-state index is -2.40. The van der Waals surface area contributed by atoms with Gasteiger partial charge in [0, 0.05) is 0 Å². The van der Waals surface area contributed by atoms with Crippen LogP contribution in [0.2, 0.25) is 27.6 Å². The Morgan fingerprint density at radius 1 is 0.933 bits per heavy atom. The quantitative estimate of drug-likeness (QED) is 0.417. The molecule has 1 heteroatoms. The van der Waals surface area contributed by atoms with Gasteiger partial charge < -0.3 is 0 Å². The van der Waals surface area contributed by atoms with Crippen LogP contribution in [0.25, 0.3) is 0 Å². The van der Waals surface area contributed by atoms with Crippen LogP contribution in [-0.2, 0) is 12.4 Å². The van der Waals surface area contributed by atoms with E-state index in [-0.39, 0.29) is 0 Å². The summed E-state index contributed by atoms with van der Waals surface area (Å²) in [5, 5.41) is 0. The fourth-order valence-electron chi connectivity index (χ4n) is 1.03. The summed E-state index contributed by atoms with van der Waals surface area (Å²) >= 11 is -2.40. The predicted molar refractivity (Wildman–Crippen MR) is 73.7 cm³/mol. The maximum atomic E-state index is 3.00. The summed E-state index contributed by atoms with van der Waals surface area (Å²) in [4.78, 5) is 0. The van der Waals surface area contributed by atoms with Gasteiger partial charge in [-0.1, -0.05) is 0 Å². The molecule has 0 bridgehead atoms. The molecule has 1 aliphatic rings. The summed E-state index contributed by atoms with van der Waals surface area (Å²) in [6.45, 7) is 12.0. The zero-order valence-corrected chi connectivity index (χ0v) is 12.7. The molecule has 0 aromatic carbocycles. The molecule has 0 aliphatic heterocycles. The monoisotopic (exact) mass is 299 g/mol. The molecular weight excluding hydrogens is 271 g/mol. The topological polar surface area (TPSA) is 0 Å². The van der Waals surface area contributed by atoms with Crippen molar-refractivity contribution in [1.82, 2.24) is 0 Å². The third-order valence-corrected chi connectivity index (χ3v) is 7.65. The van der Waals surface area contributed by atoms with Gasteiger partial charge >= 0.3 is 68.8 Å². The fourth-order valence-corrected chi connectivity index (χ4v) is 4.42. The van der Waals surface area contributed by atoms with Gasteiger partial charge in [-0.3, -0.25) is 0 Å². The van der Waals surface area contributed by atoms with Crippen LogP contribution in [0, 0.1) is 0 Å². The Balaban J connectivity index is 0. The van der Waals surface area contributed by atoms with Crippen LogP contribution in [0.3, 0.4) is 0 Å². The van der Waals surface area contributed by atoms with Crippen molar-refractivity contribution in [1.29, 1.82) is 0 Å². The number of rotatable bonds is 1. The molecule has 0 N–H and O–H groups in total. The van der Waals surface area contributed by atoms with Crippen LogP contribution in [-0.4, -0.2) is 0 Å². The SMILES string of the molecule is C=C.C=C.[CH3][Rh]([CH3])([CH3])([CH3])([CH3])[C]1=CC=CC1. The molecule has 0 spiro atoms. The van der Waals surface area contributed by atoms with Crippen molar-refractivity contribution in [3.8, 4) is 0 Å². The minimum absolute atomic E-state index is 1.19. The molecule has 0 nitrogen and oxygen atoms in total. The molecule has 0 saturated heterocycles. The van der Waals surface area contributed by atoms with Crippen molar-refractivity contribution < 1.29 is 12.4 Å². The second kappa shape index (κ2) is 4.62. The van der Waals surface area contributed by atoms with Crippen molar-refractivity contribution in [2.24, 2.45) is 0 Å². The van der Waals surface area contributed by atoms with E-state index in [4.69, 9.17) is 0 Å². The molecule has 0 saturated carbocycles. The first-order chi connectivity index (χ1) is 6.59. The summed E-state index contributed by atoms with van der Waals surface area (Å²) in [5.74, 6) is 0. The van der Waals surface area contributed by atoms with E-state index in [0.29, 0.717) is 0 Å². The van der Waals surface area contributed by atoms with Crippen molar-refractivity contribution in [3.63, 3.8) is 0 Å². The molecule has 0 amide bonds. The Morgan fingerprint density at radius 2 is 1.33 bits per heavy atom. The summed E-state index contributed by atoms with van der Waals surface area (Å²) in [7, 11) is 0. The van der Waals surface area contributed by atoms with E-state index in [9.17, 15) is 0 Å². The zero-order valence-electron chi connectivity index (χ0n) is 11.1. The molecule has 0 aromatic rings. The first-order valence-electron chi connectivity index (χ1n) is 4.55. The Kier molecular flexibility index (Phi) is 5.23. The van der Waals surface area contributed by atoms with E-state index in [1.165, 1.54) is 6.42 Å².